The average molecular weight is 1390 g/mol. The van der Waals surface area contributed by atoms with Gasteiger partial charge in [0.25, 0.3) is 0 Å². The number of thiazole rings is 2. The van der Waals surface area contributed by atoms with Gasteiger partial charge in [-0.25, -0.2) is 19.6 Å². The molecule has 100 heavy (non-hydrogen) atoms. The van der Waals surface area contributed by atoms with Crippen LogP contribution in [-0.4, -0.2) is 72.2 Å². The Balaban J connectivity index is 0.735. The molecule has 2 aliphatic rings. The molecule has 12 rings (SSSR count). The van der Waals surface area contributed by atoms with Gasteiger partial charge in [-0.15, -0.1) is 22.7 Å². The zero-order valence-electron chi connectivity index (χ0n) is 56.7. The fraction of sp³-hybridized carbons (Fsp3) is 0.350. The number of esters is 6. The molecule has 20 heteroatoms. The topological polar surface area (TPSA) is 228 Å². The van der Waals surface area contributed by atoms with E-state index >= 15 is 0 Å². The molecule has 0 saturated heterocycles. The molecule has 518 valence electrons. The molecule has 0 aliphatic heterocycles. The smallest absolute Gasteiger partial charge is 0.330 e. The molecular weight excluding hydrogens is 1310 g/mol. The first-order valence-electron chi connectivity index (χ1n) is 34.3. The van der Waals surface area contributed by atoms with Crippen LogP contribution in [0.15, 0.2) is 143 Å². The van der Waals surface area contributed by atoms with Crippen molar-refractivity contribution < 1.29 is 75.5 Å². The van der Waals surface area contributed by atoms with Gasteiger partial charge in [0.2, 0.25) is 0 Å². The number of aromatic nitrogens is 2. The van der Waals surface area contributed by atoms with Crippen LogP contribution in [0.3, 0.4) is 0 Å². The first-order valence-corrected chi connectivity index (χ1v) is 36.0. The third-order valence-corrected chi connectivity index (χ3v) is 20.6. The maximum Gasteiger partial charge on any atom is 0.330 e. The number of ether oxygens (including phenoxy) is 8. The van der Waals surface area contributed by atoms with Crippen molar-refractivity contribution in [3.8, 4) is 67.2 Å². The van der Waals surface area contributed by atoms with E-state index in [0.717, 1.165) is 128 Å². The van der Waals surface area contributed by atoms with Crippen LogP contribution < -0.4 is 28.4 Å². The zero-order chi connectivity index (χ0) is 69.8. The van der Waals surface area contributed by atoms with Gasteiger partial charge in [-0.2, -0.15) is 0 Å². The van der Waals surface area contributed by atoms with Crippen molar-refractivity contribution in [3.05, 3.63) is 157 Å². The minimum atomic E-state index is -0.480. The van der Waals surface area contributed by atoms with Crippen molar-refractivity contribution >= 4 is 101 Å². The highest BCUT2D eigenvalue weighted by Gasteiger charge is 2.35. The highest BCUT2D eigenvalue weighted by molar-refractivity contribution is 7.23. The maximum atomic E-state index is 14.4. The molecule has 6 aromatic carbocycles. The van der Waals surface area contributed by atoms with Crippen molar-refractivity contribution in [1.29, 1.82) is 0 Å². The molecule has 0 bridgehead atoms. The Morgan fingerprint density at radius 2 is 0.770 bits per heavy atom. The number of nitrogens with zero attached hydrogens (tertiary/aromatic N) is 2. The molecular formula is C80H80N2O16S2. The van der Waals surface area contributed by atoms with Gasteiger partial charge in [0, 0.05) is 34.1 Å². The molecule has 0 amide bonds. The molecule has 4 aromatic heterocycles. The summed E-state index contributed by atoms with van der Waals surface area (Å²) in [5.74, 6) is -0.333. The Morgan fingerprint density at radius 1 is 0.430 bits per heavy atom. The normalized spacial score (nSPS) is 16.1. The Hall–Kier alpha value is -9.92. The lowest BCUT2D eigenvalue weighted by Gasteiger charge is -2.26. The summed E-state index contributed by atoms with van der Waals surface area (Å²) in [6.07, 6.45) is 12.7. The molecule has 0 atom stereocenters. The van der Waals surface area contributed by atoms with E-state index in [1.807, 2.05) is 64.1 Å². The number of aryl methyl sites for hydroxylation is 4. The van der Waals surface area contributed by atoms with E-state index in [4.69, 9.17) is 56.7 Å². The van der Waals surface area contributed by atoms with Gasteiger partial charge < -0.3 is 46.7 Å². The Labute approximate surface area is 587 Å². The van der Waals surface area contributed by atoms with Crippen molar-refractivity contribution in [2.45, 2.75) is 130 Å². The number of unbranched alkanes of at least 4 members (excludes halogenated alkanes) is 6. The second kappa shape index (κ2) is 32.4. The second-order valence-corrected chi connectivity index (χ2v) is 27.8. The summed E-state index contributed by atoms with van der Waals surface area (Å²) in [6, 6.07) is 33.5. The SMILES string of the molecule is C=CC(=O)OCCCCCCOc1ccc(OC(=O)C2CCC(C(=O)Oc3ccc(-c4ccc(OC(=O)C5CCC(C(=O)Oc6ccc(OCCCCCCOC(=O)C=C)cc6)CC5)c5nc(-c6cc7c(C)cc(C)cc7o6)sc45)c4sc(-c5cc6c(C)cc(C)cc6o5)nc34)CC2)cc1. The lowest BCUT2D eigenvalue weighted by Crippen LogP contribution is -2.30. The Bertz CT molecular complexity index is 4360. The van der Waals surface area contributed by atoms with Crippen LogP contribution in [0, 0.1) is 51.4 Å². The first-order chi connectivity index (χ1) is 48.5. The van der Waals surface area contributed by atoms with Gasteiger partial charge in [-0.05, 0) is 250 Å². The van der Waals surface area contributed by atoms with Crippen molar-refractivity contribution in [1.82, 2.24) is 9.97 Å². The number of hydrogen-bond acceptors (Lipinski definition) is 20. The van der Waals surface area contributed by atoms with E-state index in [1.54, 1.807) is 60.7 Å². The second-order valence-electron chi connectivity index (χ2n) is 25.8. The van der Waals surface area contributed by atoms with Gasteiger partial charge >= 0.3 is 35.8 Å². The van der Waals surface area contributed by atoms with Crippen molar-refractivity contribution in [2.24, 2.45) is 23.7 Å². The molecule has 2 saturated carbocycles. The summed E-state index contributed by atoms with van der Waals surface area (Å²) < 4.78 is 60.7. The molecule has 0 unspecified atom stereocenters. The first kappa shape index (κ1) is 70.0. The van der Waals surface area contributed by atoms with Crippen molar-refractivity contribution in [2.75, 3.05) is 26.4 Å². The quantitative estimate of drug-likeness (QED) is 0.0184. The summed E-state index contributed by atoms with van der Waals surface area (Å²) >= 11 is 2.82. The number of carbonyl (C=O) groups is 6. The number of rotatable bonds is 29. The average Bonchev–Trinajstić information content (AvgIpc) is 1.62. The Kier molecular flexibility index (Phi) is 22.7. The lowest BCUT2D eigenvalue weighted by molar-refractivity contribution is -0.145. The van der Waals surface area contributed by atoms with E-state index < -0.39 is 47.5 Å². The predicted octanol–water partition coefficient (Wildman–Crippen LogP) is 18.6. The Morgan fingerprint density at radius 3 is 1.13 bits per heavy atom. The zero-order valence-corrected chi connectivity index (χ0v) is 58.3. The number of hydrogen-bond donors (Lipinski definition) is 0. The standard InChI is InChI=1S/C80H80N2O16S2/c1-7-69(83)91-39-15-11-9-13-37-89-55-25-29-57(30-26-55)93-77(85)51-17-21-53(22-18-51)79(87)97-63-35-33-59(73-71(63)81-75(99-73)67-45-61-49(5)41-47(3)43-65(61)95-67)60-34-36-64(72-74(60)100-76(82-72)68-46-62-50(6)42-48(4)44-66(62)96-68)98-80(88)54-23-19-52(20-24-54)78(86)94-58-31-27-56(28-32-58)90-38-14-10-12-16-40-92-70(84)8-2/h7-8,25-36,41-46,51-54H,1-2,9-24,37-40H2,3-6H3. The van der Waals surface area contributed by atoms with E-state index in [1.165, 1.54) is 22.7 Å². The maximum absolute atomic E-state index is 14.4. The number of fused-ring (bicyclic) bond motifs is 4. The molecule has 0 N–H and O–H groups in total. The molecule has 2 aliphatic carbocycles. The summed E-state index contributed by atoms with van der Waals surface area (Å²) in [7, 11) is 0. The van der Waals surface area contributed by atoms with Crippen LogP contribution in [-0.2, 0) is 38.2 Å². The monoisotopic (exact) mass is 1390 g/mol. The molecule has 2 fully saturated rings. The van der Waals surface area contributed by atoms with Crippen LogP contribution in [0.4, 0.5) is 0 Å². The van der Waals surface area contributed by atoms with E-state index in [2.05, 4.69) is 25.3 Å². The summed E-state index contributed by atoms with van der Waals surface area (Å²) in [6.45, 7) is 16.7. The van der Waals surface area contributed by atoms with Gasteiger partial charge in [-0.1, -0.05) is 25.3 Å². The van der Waals surface area contributed by atoms with Crippen LogP contribution in [0.25, 0.3) is 75.0 Å². The highest BCUT2D eigenvalue weighted by Crippen LogP contribution is 2.49. The van der Waals surface area contributed by atoms with Crippen LogP contribution >= 0.6 is 22.7 Å². The third-order valence-electron chi connectivity index (χ3n) is 18.4. The minimum Gasteiger partial charge on any atom is -0.494 e. The fourth-order valence-electron chi connectivity index (χ4n) is 13.0. The molecule has 4 heterocycles. The molecule has 18 nitrogen and oxygen atoms in total. The van der Waals surface area contributed by atoms with Crippen LogP contribution in [0.2, 0.25) is 0 Å². The fourth-order valence-corrected chi connectivity index (χ4v) is 15.2. The van der Waals surface area contributed by atoms with Crippen LogP contribution in [0.1, 0.15) is 125 Å². The van der Waals surface area contributed by atoms with E-state index in [9.17, 15) is 28.8 Å². The van der Waals surface area contributed by atoms with Gasteiger partial charge in [-0.3, -0.25) is 19.2 Å². The van der Waals surface area contributed by atoms with Gasteiger partial charge in [0.15, 0.2) is 33.0 Å². The van der Waals surface area contributed by atoms with Crippen LogP contribution in [0.5, 0.6) is 34.5 Å². The predicted molar refractivity (Wildman–Crippen MR) is 384 cm³/mol. The highest BCUT2D eigenvalue weighted by atomic mass is 32.1. The number of furan rings is 2. The summed E-state index contributed by atoms with van der Waals surface area (Å²) in [4.78, 5) is 88.6. The van der Waals surface area contributed by atoms with E-state index in [0.29, 0.717) is 133 Å². The summed E-state index contributed by atoms with van der Waals surface area (Å²) in [5, 5.41) is 3.07. The van der Waals surface area contributed by atoms with Gasteiger partial charge in [0.1, 0.15) is 45.2 Å². The largest absolute Gasteiger partial charge is 0.494 e. The lowest BCUT2D eigenvalue weighted by atomic mass is 9.82. The van der Waals surface area contributed by atoms with E-state index in [-0.39, 0.29) is 23.4 Å². The molecule has 10 aromatic rings. The molecule has 0 radical (unpaired) electrons. The molecule has 0 spiro atoms. The number of benzene rings is 6. The van der Waals surface area contributed by atoms with Gasteiger partial charge in [0.05, 0.1) is 59.5 Å². The van der Waals surface area contributed by atoms with Crippen molar-refractivity contribution in [3.63, 3.8) is 0 Å². The summed E-state index contributed by atoms with van der Waals surface area (Å²) in [5.41, 5.74) is 8.15. The third kappa shape index (κ3) is 17.0. The minimum absolute atomic E-state index is 0.275. The number of carbonyl (C=O) groups excluding carboxylic acids is 6.